The summed E-state index contributed by atoms with van der Waals surface area (Å²) in [7, 11) is 0. The highest BCUT2D eigenvalue weighted by atomic mass is 79.9. The molecule has 4 aromatic rings. The first-order chi connectivity index (χ1) is 12.1. The normalized spacial score (nSPS) is 11.1. The van der Waals surface area contributed by atoms with Crippen LogP contribution in [0.2, 0.25) is 0 Å². The van der Waals surface area contributed by atoms with Gasteiger partial charge < -0.3 is 0 Å². The molecule has 0 amide bonds. The molecule has 7 heteroatoms. The van der Waals surface area contributed by atoms with Crippen LogP contribution in [0.5, 0.6) is 0 Å². The second-order valence-corrected chi connectivity index (χ2v) is 6.49. The van der Waals surface area contributed by atoms with Gasteiger partial charge in [0, 0.05) is 4.47 Å². The molecule has 124 valence electrons. The van der Waals surface area contributed by atoms with Crippen molar-refractivity contribution < 1.29 is 4.39 Å². The highest BCUT2D eigenvalue weighted by molar-refractivity contribution is 9.10. The lowest BCUT2D eigenvalue weighted by Gasteiger charge is -2.06. The summed E-state index contributed by atoms with van der Waals surface area (Å²) in [6, 6.07) is 13.6. The Kier molecular flexibility index (Phi) is 3.93. The molecule has 2 aromatic heterocycles. The highest BCUT2D eigenvalue weighted by Gasteiger charge is 2.11. The standard InChI is InChI=1S/C18H12BrFN4O/c19-13-3-7-15(8-4-13)24-17-16(9-22-24)18(25)23(11-21-17)10-12-1-5-14(20)6-2-12/h1-9,11H,10H2. The fourth-order valence-corrected chi connectivity index (χ4v) is 2.88. The number of benzene rings is 2. The Hall–Kier alpha value is -2.80. The maximum absolute atomic E-state index is 13.0. The molecule has 5 nitrogen and oxygen atoms in total. The third kappa shape index (κ3) is 2.98. The fourth-order valence-electron chi connectivity index (χ4n) is 2.62. The zero-order valence-corrected chi connectivity index (χ0v) is 14.5. The van der Waals surface area contributed by atoms with Crippen molar-refractivity contribution >= 4 is 27.0 Å². The molecule has 4 rings (SSSR count). The largest absolute Gasteiger partial charge is 0.294 e. The summed E-state index contributed by atoms with van der Waals surface area (Å²) in [5.41, 5.74) is 1.96. The maximum atomic E-state index is 13.0. The molecule has 0 spiro atoms. The van der Waals surface area contributed by atoms with Gasteiger partial charge in [0.1, 0.15) is 17.5 Å². The van der Waals surface area contributed by atoms with E-state index >= 15 is 0 Å². The van der Waals surface area contributed by atoms with Crippen LogP contribution in [-0.4, -0.2) is 19.3 Å². The van der Waals surface area contributed by atoms with Gasteiger partial charge in [-0.2, -0.15) is 5.10 Å². The number of hydrogen-bond donors (Lipinski definition) is 0. The van der Waals surface area contributed by atoms with Gasteiger partial charge in [0.2, 0.25) is 0 Å². The Morgan fingerprint density at radius 2 is 1.76 bits per heavy atom. The Morgan fingerprint density at radius 3 is 2.48 bits per heavy atom. The Balaban J connectivity index is 1.75. The van der Waals surface area contributed by atoms with Gasteiger partial charge in [0.05, 0.1) is 18.4 Å². The molecule has 0 bridgehead atoms. The van der Waals surface area contributed by atoms with Crippen molar-refractivity contribution in [2.75, 3.05) is 0 Å². The van der Waals surface area contributed by atoms with E-state index in [1.54, 1.807) is 16.8 Å². The number of halogens is 2. The zero-order chi connectivity index (χ0) is 17.4. The Labute approximate surface area is 150 Å². The van der Waals surface area contributed by atoms with Crippen LogP contribution >= 0.6 is 15.9 Å². The first kappa shape index (κ1) is 15.7. The van der Waals surface area contributed by atoms with E-state index < -0.39 is 0 Å². The summed E-state index contributed by atoms with van der Waals surface area (Å²) in [6.45, 7) is 0.325. The monoisotopic (exact) mass is 398 g/mol. The molecule has 0 aliphatic carbocycles. The second-order valence-electron chi connectivity index (χ2n) is 5.57. The minimum Gasteiger partial charge on any atom is -0.294 e. The van der Waals surface area contributed by atoms with Crippen LogP contribution in [-0.2, 0) is 6.54 Å². The Morgan fingerprint density at radius 1 is 1.04 bits per heavy atom. The highest BCUT2D eigenvalue weighted by Crippen LogP contribution is 2.17. The van der Waals surface area contributed by atoms with Crippen molar-refractivity contribution in [3.05, 3.63) is 87.3 Å². The average molecular weight is 399 g/mol. The van der Waals surface area contributed by atoms with Crippen molar-refractivity contribution in [2.45, 2.75) is 6.54 Å². The third-order valence-electron chi connectivity index (χ3n) is 3.89. The molecule has 0 fully saturated rings. The van der Waals surface area contributed by atoms with Crippen molar-refractivity contribution in [1.29, 1.82) is 0 Å². The summed E-state index contributed by atoms with van der Waals surface area (Å²) < 4.78 is 17.1. The van der Waals surface area contributed by atoms with Crippen LogP contribution in [0, 0.1) is 5.82 Å². The van der Waals surface area contributed by atoms with Gasteiger partial charge in [-0.25, -0.2) is 14.1 Å². The molecule has 2 aromatic carbocycles. The van der Waals surface area contributed by atoms with Crippen LogP contribution < -0.4 is 5.56 Å². The number of nitrogens with zero attached hydrogens (tertiary/aromatic N) is 4. The van der Waals surface area contributed by atoms with Gasteiger partial charge in [0.15, 0.2) is 5.65 Å². The number of rotatable bonds is 3. The lowest BCUT2D eigenvalue weighted by molar-refractivity contribution is 0.626. The lowest BCUT2D eigenvalue weighted by Crippen LogP contribution is -2.21. The molecule has 0 saturated carbocycles. The Bertz CT molecular complexity index is 1100. The van der Waals surface area contributed by atoms with Crippen molar-refractivity contribution in [2.24, 2.45) is 0 Å². The average Bonchev–Trinajstić information content (AvgIpc) is 3.05. The van der Waals surface area contributed by atoms with Gasteiger partial charge in [-0.1, -0.05) is 28.1 Å². The van der Waals surface area contributed by atoms with Crippen LogP contribution in [0.1, 0.15) is 5.56 Å². The van der Waals surface area contributed by atoms with Crippen molar-refractivity contribution in [1.82, 2.24) is 19.3 Å². The molecule has 0 aliphatic rings. The summed E-state index contributed by atoms with van der Waals surface area (Å²) in [4.78, 5) is 17.1. The molecule has 25 heavy (non-hydrogen) atoms. The van der Waals surface area contributed by atoms with E-state index in [-0.39, 0.29) is 11.4 Å². The maximum Gasteiger partial charge on any atom is 0.264 e. The lowest BCUT2D eigenvalue weighted by atomic mass is 10.2. The zero-order valence-electron chi connectivity index (χ0n) is 12.9. The topological polar surface area (TPSA) is 52.7 Å². The molecule has 0 saturated heterocycles. The molecule has 0 radical (unpaired) electrons. The van der Waals surface area contributed by atoms with E-state index in [1.807, 2.05) is 24.3 Å². The van der Waals surface area contributed by atoms with Crippen LogP contribution in [0.15, 0.2) is 70.3 Å². The minimum absolute atomic E-state index is 0.183. The third-order valence-corrected chi connectivity index (χ3v) is 4.42. The first-order valence-corrected chi connectivity index (χ1v) is 8.35. The van der Waals surface area contributed by atoms with E-state index in [0.29, 0.717) is 17.6 Å². The van der Waals surface area contributed by atoms with Gasteiger partial charge in [-0.15, -0.1) is 0 Å². The molecule has 0 N–H and O–H groups in total. The van der Waals surface area contributed by atoms with Crippen LogP contribution in [0.25, 0.3) is 16.7 Å². The quantitative estimate of drug-likeness (QED) is 0.530. The predicted octanol–water partition coefficient (Wildman–Crippen LogP) is 3.53. The van der Waals surface area contributed by atoms with Crippen molar-refractivity contribution in [3.63, 3.8) is 0 Å². The number of fused-ring (bicyclic) bond motifs is 1. The number of hydrogen-bond acceptors (Lipinski definition) is 3. The van der Waals surface area contributed by atoms with E-state index in [4.69, 9.17) is 0 Å². The van der Waals surface area contributed by atoms with Gasteiger partial charge >= 0.3 is 0 Å². The molecule has 2 heterocycles. The fraction of sp³-hybridized carbons (Fsp3) is 0.0556. The van der Waals surface area contributed by atoms with E-state index in [1.165, 1.54) is 29.2 Å². The summed E-state index contributed by atoms with van der Waals surface area (Å²) in [6.07, 6.45) is 3.01. The minimum atomic E-state index is -0.305. The molecular formula is C18H12BrFN4O. The van der Waals surface area contributed by atoms with E-state index in [0.717, 1.165) is 15.7 Å². The summed E-state index contributed by atoms with van der Waals surface area (Å²) >= 11 is 3.39. The summed E-state index contributed by atoms with van der Waals surface area (Å²) in [5.74, 6) is -0.305. The first-order valence-electron chi connectivity index (χ1n) is 7.55. The number of aromatic nitrogens is 4. The van der Waals surface area contributed by atoms with Gasteiger partial charge in [-0.3, -0.25) is 9.36 Å². The van der Waals surface area contributed by atoms with Crippen LogP contribution in [0.4, 0.5) is 4.39 Å². The predicted molar refractivity (Wildman–Crippen MR) is 96.3 cm³/mol. The van der Waals surface area contributed by atoms with Gasteiger partial charge in [0.25, 0.3) is 5.56 Å². The van der Waals surface area contributed by atoms with E-state index in [2.05, 4.69) is 26.0 Å². The smallest absolute Gasteiger partial charge is 0.264 e. The summed E-state index contributed by atoms with van der Waals surface area (Å²) in [5, 5.41) is 4.73. The SMILES string of the molecule is O=c1c2cnn(-c3ccc(Br)cc3)c2ncn1Cc1ccc(F)cc1. The van der Waals surface area contributed by atoms with Crippen LogP contribution in [0.3, 0.4) is 0 Å². The van der Waals surface area contributed by atoms with Crippen molar-refractivity contribution in [3.8, 4) is 5.69 Å². The molecular weight excluding hydrogens is 387 g/mol. The molecule has 0 unspecified atom stereocenters. The van der Waals surface area contributed by atoms with E-state index in [9.17, 15) is 9.18 Å². The van der Waals surface area contributed by atoms with Gasteiger partial charge in [-0.05, 0) is 42.0 Å². The second kappa shape index (κ2) is 6.25. The molecule has 0 atom stereocenters. The molecule has 0 aliphatic heterocycles.